The third-order valence-corrected chi connectivity index (χ3v) is 10.1. The van der Waals surface area contributed by atoms with Crippen molar-refractivity contribution >= 4 is 21.7 Å². The van der Waals surface area contributed by atoms with Gasteiger partial charge in [-0.25, -0.2) is 27.5 Å². The number of sulfonamides is 1. The second-order valence-corrected chi connectivity index (χ2v) is 14.5. The van der Waals surface area contributed by atoms with Crippen LogP contribution >= 0.6 is 0 Å². The van der Waals surface area contributed by atoms with Gasteiger partial charge in [0, 0.05) is 38.3 Å². The number of carbonyl (C=O) groups is 1. The molecule has 0 radical (unpaired) electrons. The molecule has 0 spiro atoms. The van der Waals surface area contributed by atoms with Gasteiger partial charge in [-0.05, 0) is 95.9 Å². The van der Waals surface area contributed by atoms with E-state index in [1.807, 2.05) is 20.8 Å². The van der Waals surface area contributed by atoms with Gasteiger partial charge in [0.25, 0.3) is 5.91 Å². The molecule has 2 heterocycles. The van der Waals surface area contributed by atoms with Gasteiger partial charge in [-0.3, -0.25) is 4.79 Å². The Morgan fingerprint density at radius 3 is 2.63 bits per heavy atom. The van der Waals surface area contributed by atoms with Crippen molar-refractivity contribution in [3.05, 3.63) is 42.1 Å². The maximum Gasteiger partial charge on any atom is 0.257 e. The molecule has 2 aliphatic rings. The molecule has 238 valence electrons. The number of ether oxygens (including phenoxy) is 1. The van der Waals surface area contributed by atoms with Crippen LogP contribution in [0.2, 0.25) is 0 Å². The lowest BCUT2D eigenvalue weighted by Gasteiger charge is -2.31. The van der Waals surface area contributed by atoms with E-state index in [1.165, 1.54) is 24.5 Å². The molecular formula is C31H47FN6O4S. The van der Waals surface area contributed by atoms with Gasteiger partial charge in [-0.2, -0.15) is 0 Å². The van der Waals surface area contributed by atoms with Crippen molar-refractivity contribution in [3.8, 4) is 11.5 Å². The molecule has 2 fully saturated rings. The fourth-order valence-electron chi connectivity index (χ4n) is 6.14. The van der Waals surface area contributed by atoms with E-state index in [0.29, 0.717) is 24.0 Å². The summed E-state index contributed by atoms with van der Waals surface area (Å²) in [7, 11) is -3.16. The van der Waals surface area contributed by atoms with Gasteiger partial charge in [-0.15, -0.1) is 0 Å². The number of nitrogens with one attached hydrogen (secondary N) is 2. The fourth-order valence-corrected chi connectivity index (χ4v) is 7.05. The summed E-state index contributed by atoms with van der Waals surface area (Å²) >= 11 is 0. The monoisotopic (exact) mass is 618 g/mol. The molecule has 1 amide bonds. The predicted molar refractivity (Wildman–Crippen MR) is 167 cm³/mol. The van der Waals surface area contributed by atoms with E-state index >= 15 is 0 Å². The Hall–Kier alpha value is -2.83. The molecule has 43 heavy (non-hydrogen) atoms. The van der Waals surface area contributed by atoms with Gasteiger partial charge in [0.2, 0.25) is 10.0 Å². The van der Waals surface area contributed by atoms with Crippen LogP contribution in [0.25, 0.3) is 0 Å². The van der Waals surface area contributed by atoms with Crippen molar-refractivity contribution in [2.75, 3.05) is 43.4 Å². The van der Waals surface area contributed by atoms with E-state index in [2.05, 4.69) is 31.8 Å². The number of halogens is 1. The Balaban J connectivity index is 1.36. The molecule has 1 aliphatic heterocycles. The zero-order chi connectivity index (χ0) is 31.2. The van der Waals surface area contributed by atoms with Crippen LogP contribution in [0.3, 0.4) is 0 Å². The summed E-state index contributed by atoms with van der Waals surface area (Å²) in [5, 5.41) is 3.68. The first-order chi connectivity index (χ1) is 20.4. The molecule has 1 aromatic carbocycles. The summed E-state index contributed by atoms with van der Waals surface area (Å²) in [4.78, 5) is 25.9. The van der Waals surface area contributed by atoms with Crippen molar-refractivity contribution < 1.29 is 22.3 Å². The zero-order valence-electron chi connectivity index (χ0n) is 26.1. The molecule has 1 saturated carbocycles. The fraction of sp³-hybridized carbons (Fsp3) is 0.645. The van der Waals surface area contributed by atoms with Crippen molar-refractivity contribution in [2.45, 2.75) is 78.8 Å². The highest BCUT2D eigenvalue weighted by atomic mass is 32.2. The molecule has 2 N–H and O–H groups in total. The van der Waals surface area contributed by atoms with Crippen molar-refractivity contribution in [2.24, 2.45) is 11.3 Å². The van der Waals surface area contributed by atoms with E-state index in [9.17, 15) is 17.6 Å². The van der Waals surface area contributed by atoms with Gasteiger partial charge >= 0.3 is 0 Å². The highest BCUT2D eigenvalue weighted by Crippen LogP contribution is 2.38. The molecule has 4 rings (SSSR count). The van der Waals surface area contributed by atoms with Gasteiger partial charge in [-0.1, -0.05) is 6.92 Å². The minimum absolute atomic E-state index is 0.0199. The average Bonchev–Trinajstić information content (AvgIpc) is 3.36. The SMILES string of the molecule is CCN(C(=O)c1cc(F)ccc1Oc1cncnc1N1CC[C@](C)(CNCC2CCC(NS(=O)(=O)CC)CC2)C1)C(C)C. The number of amides is 1. The highest BCUT2D eigenvalue weighted by Gasteiger charge is 2.36. The topological polar surface area (TPSA) is 117 Å². The normalized spacial score (nSPS) is 22.6. The van der Waals surface area contributed by atoms with Gasteiger partial charge in [0.1, 0.15) is 17.9 Å². The van der Waals surface area contributed by atoms with Crippen LogP contribution in [0.5, 0.6) is 11.5 Å². The second-order valence-electron chi connectivity index (χ2n) is 12.5. The number of benzene rings is 1. The smallest absolute Gasteiger partial charge is 0.257 e. The highest BCUT2D eigenvalue weighted by molar-refractivity contribution is 7.89. The van der Waals surface area contributed by atoms with E-state index < -0.39 is 15.8 Å². The van der Waals surface area contributed by atoms with Crippen molar-refractivity contribution in [1.82, 2.24) is 24.9 Å². The van der Waals surface area contributed by atoms with E-state index in [-0.39, 0.29) is 40.5 Å². The first kappa shape index (κ1) is 33.1. The molecule has 0 unspecified atom stereocenters. The Bertz CT molecular complexity index is 1350. The van der Waals surface area contributed by atoms with E-state index in [1.54, 1.807) is 18.0 Å². The molecule has 1 aromatic heterocycles. The van der Waals surface area contributed by atoms with E-state index in [0.717, 1.165) is 58.3 Å². The molecule has 1 aliphatic carbocycles. The first-order valence-electron chi connectivity index (χ1n) is 15.5. The third kappa shape index (κ3) is 8.63. The molecule has 1 saturated heterocycles. The first-order valence-corrected chi connectivity index (χ1v) is 17.1. The number of hydrogen-bond acceptors (Lipinski definition) is 8. The Kier molecular flexibility index (Phi) is 11.0. The molecule has 0 bridgehead atoms. The number of rotatable bonds is 13. The number of nitrogens with zero attached hydrogens (tertiary/aromatic N) is 4. The Morgan fingerprint density at radius 1 is 1.21 bits per heavy atom. The molecule has 1 atom stereocenters. The van der Waals surface area contributed by atoms with Crippen LogP contribution in [0.15, 0.2) is 30.7 Å². The summed E-state index contributed by atoms with van der Waals surface area (Å²) in [5.74, 6) is 1.20. The molecule has 10 nitrogen and oxygen atoms in total. The number of carbonyl (C=O) groups excluding carboxylic acids is 1. The lowest BCUT2D eigenvalue weighted by molar-refractivity contribution is 0.0713. The predicted octanol–water partition coefficient (Wildman–Crippen LogP) is 4.58. The van der Waals surface area contributed by atoms with Crippen LogP contribution in [0, 0.1) is 17.2 Å². The average molecular weight is 619 g/mol. The van der Waals surface area contributed by atoms with Crippen LogP contribution in [0.4, 0.5) is 10.2 Å². The summed E-state index contributed by atoms with van der Waals surface area (Å²) in [6.07, 6.45) is 7.82. The van der Waals surface area contributed by atoms with Crippen molar-refractivity contribution in [3.63, 3.8) is 0 Å². The van der Waals surface area contributed by atoms with Crippen LogP contribution in [-0.4, -0.2) is 79.8 Å². The molecule has 12 heteroatoms. The third-order valence-electron chi connectivity index (χ3n) is 8.69. The Morgan fingerprint density at radius 2 is 1.95 bits per heavy atom. The zero-order valence-corrected chi connectivity index (χ0v) is 26.9. The minimum atomic E-state index is -3.16. The second kappa shape index (κ2) is 14.3. The summed E-state index contributed by atoms with van der Waals surface area (Å²) in [6.45, 7) is 13.5. The van der Waals surface area contributed by atoms with Gasteiger partial charge in [0.05, 0.1) is 17.5 Å². The largest absolute Gasteiger partial charge is 0.451 e. The number of anilines is 1. The standard InChI is InChI=1S/C31H47FN6O4S/c1-6-38(22(3)4)30(39)26-16-24(32)10-13-27(26)42-28-18-34-21-35-29(28)37-15-14-31(5,20-37)19-33-17-23-8-11-25(12-9-23)36-43(40,41)7-2/h10,13,16,18,21-23,25,33,36H,6-9,11-12,14-15,17,19-20H2,1-5H3/t23?,25?,31-/m1/s1. The lowest BCUT2D eigenvalue weighted by atomic mass is 9.85. The maximum absolute atomic E-state index is 14.2. The van der Waals surface area contributed by atoms with E-state index in [4.69, 9.17) is 4.74 Å². The van der Waals surface area contributed by atoms with Crippen LogP contribution in [0.1, 0.15) is 77.1 Å². The number of hydrogen-bond donors (Lipinski definition) is 2. The summed E-state index contributed by atoms with van der Waals surface area (Å²) in [6, 6.07) is 4.00. The Labute approximate surface area is 255 Å². The van der Waals surface area contributed by atoms with Crippen molar-refractivity contribution in [1.29, 1.82) is 0 Å². The quantitative estimate of drug-likeness (QED) is 0.335. The lowest BCUT2D eigenvalue weighted by Crippen LogP contribution is -2.41. The number of aromatic nitrogens is 2. The minimum Gasteiger partial charge on any atom is -0.451 e. The molecule has 2 aromatic rings. The van der Waals surface area contributed by atoms with Gasteiger partial charge < -0.3 is 19.9 Å². The van der Waals surface area contributed by atoms with Gasteiger partial charge in [0.15, 0.2) is 11.6 Å². The maximum atomic E-state index is 14.2. The molecular weight excluding hydrogens is 571 g/mol. The van der Waals surface area contributed by atoms with Crippen LogP contribution in [-0.2, 0) is 10.0 Å². The summed E-state index contributed by atoms with van der Waals surface area (Å²) < 4.78 is 47.1. The summed E-state index contributed by atoms with van der Waals surface area (Å²) in [5.41, 5.74) is 0.184. The van der Waals surface area contributed by atoms with Crippen LogP contribution < -0.4 is 19.7 Å².